The van der Waals surface area contributed by atoms with E-state index in [0.717, 1.165) is 0 Å². The molecule has 2 aromatic rings. The van der Waals surface area contributed by atoms with Gasteiger partial charge < -0.3 is 0 Å². The predicted octanol–water partition coefficient (Wildman–Crippen LogP) is 6.75. The van der Waals surface area contributed by atoms with Crippen LogP contribution in [0.5, 0.6) is 0 Å². The van der Waals surface area contributed by atoms with Crippen LogP contribution in [0.25, 0.3) is 0 Å². The molecule has 0 N–H and O–H groups in total. The van der Waals surface area contributed by atoms with Crippen molar-refractivity contribution < 1.29 is 26.4 Å². The van der Waals surface area contributed by atoms with E-state index in [1.165, 1.54) is 0 Å². The summed E-state index contributed by atoms with van der Waals surface area (Å²) < 4.78 is 0. The minimum Gasteiger partial charge on any atom is -0.0623 e. The quantitative estimate of drug-likeness (QED) is 0.271. The minimum atomic E-state index is 0.335. The van der Waals surface area contributed by atoms with Crippen molar-refractivity contribution in [1.29, 1.82) is 0 Å². The molecule has 0 heterocycles. The van der Waals surface area contributed by atoms with Gasteiger partial charge in [0, 0.05) is 0 Å². The fraction of sp³-hybridized carbons (Fsp3) is 0. The van der Waals surface area contributed by atoms with Crippen LogP contribution in [0.15, 0.2) is 72.8 Å². The third kappa shape index (κ3) is 26.2. The first-order chi connectivity index (χ1) is 8.83. The second-order valence-corrected chi connectivity index (χ2v) is 18.4. The molecule has 0 aliphatic rings. The predicted molar refractivity (Wildman–Crippen MR) is 88.6 cm³/mol. The number of benzene rings is 2. The van der Waals surface area contributed by atoms with Gasteiger partial charge in [0.15, 0.2) is 0 Å². The van der Waals surface area contributed by atoms with E-state index >= 15 is 0 Å². The molecule has 18 heavy (non-hydrogen) atoms. The standard InChI is InChI=1S/2C6H6.4BrH.2Ru/c2*1-2-4-6-5-3-1;;;;;;/h2*1-6H;4*1H;;/q;;;;;;2*+2/p-4. The summed E-state index contributed by atoms with van der Waals surface area (Å²) in [6, 6.07) is 24.0. The Bertz CT molecular complexity index is 221. The molecule has 0 spiro atoms. The van der Waals surface area contributed by atoms with E-state index < -0.39 is 0 Å². The van der Waals surface area contributed by atoms with Crippen molar-refractivity contribution in [3.8, 4) is 0 Å². The second-order valence-electron chi connectivity index (χ2n) is 2.41. The molecule has 0 nitrogen and oxygen atoms in total. The van der Waals surface area contributed by atoms with Crippen molar-refractivity contribution in [3.05, 3.63) is 72.8 Å². The first kappa shape index (κ1) is 21.9. The summed E-state index contributed by atoms with van der Waals surface area (Å²) in [5, 5.41) is 0. The maximum absolute atomic E-state index is 3.15. The van der Waals surface area contributed by atoms with Gasteiger partial charge in [-0.25, -0.2) is 0 Å². The molecule has 0 fully saturated rings. The molecule has 0 saturated carbocycles. The first-order valence-corrected chi connectivity index (χ1v) is 20.4. The average Bonchev–Trinajstić information content (AvgIpc) is 2.45. The largest absolute Gasteiger partial charge is 0.0623 e. The summed E-state index contributed by atoms with van der Waals surface area (Å²) in [4.78, 5) is 0. The first-order valence-electron chi connectivity index (χ1n) is 4.53. The summed E-state index contributed by atoms with van der Waals surface area (Å²) in [5.41, 5.74) is 0. The molecule has 0 aromatic heterocycles. The van der Waals surface area contributed by atoms with Crippen LogP contribution in [0.2, 0.25) is 0 Å². The van der Waals surface area contributed by atoms with Crippen LogP contribution < -0.4 is 0 Å². The molecule has 0 aliphatic heterocycles. The summed E-state index contributed by atoms with van der Waals surface area (Å²) in [7, 11) is 0. The Labute approximate surface area is 151 Å². The summed E-state index contributed by atoms with van der Waals surface area (Å²) in [6.07, 6.45) is 0. The fourth-order valence-corrected chi connectivity index (χ4v) is 0.770. The van der Waals surface area contributed by atoms with Crippen molar-refractivity contribution in [3.63, 3.8) is 0 Å². The van der Waals surface area contributed by atoms with Crippen LogP contribution in [0, 0.1) is 0 Å². The minimum absolute atomic E-state index is 0.335. The third-order valence-corrected chi connectivity index (χ3v) is 1.33. The zero-order valence-electron chi connectivity index (χ0n) is 9.15. The van der Waals surface area contributed by atoms with Crippen molar-refractivity contribution in [2.75, 3.05) is 0 Å². The monoisotopic (exact) mass is 676 g/mol. The topological polar surface area (TPSA) is 0 Å². The summed E-state index contributed by atoms with van der Waals surface area (Å²) >= 11 is 13.3. The molecular weight excluding hydrogens is 666 g/mol. The molecule has 6 heteroatoms. The van der Waals surface area contributed by atoms with E-state index in [1.54, 1.807) is 0 Å². The Hall–Kier alpha value is 1.61. The maximum atomic E-state index is 3.15. The van der Waals surface area contributed by atoms with E-state index in [2.05, 4.69) is 54.5 Å². The molecule has 0 bridgehead atoms. The van der Waals surface area contributed by atoms with Crippen molar-refractivity contribution in [1.82, 2.24) is 0 Å². The number of hydrogen-bond donors (Lipinski definition) is 0. The van der Waals surface area contributed by atoms with Gasteiger partial charge in [-0.2, -0.15) is 0 Å². The van der Waals surface area contributed by atoms with Gasteiger partial charge in [0.05, 0.1) is 0 Å². The molecule has 0 amide bonds. The van der Waals surface area contributed by atoms with Crippen molar-refractivity contribution >= 4 is 54.5 Å². The molecule has 0 saturated heterocycles. The van der Waals surface area contributed by atoms with Gasteiger partial charge in [-0.15, -0.1) is 0 Å². The zero-order chi connectivity index (χ0) is 13.9. The smallest absolute Gasteiger partial charge is 0.0623 e. The molecular formula is C12H12Br4Ru2. The Morgan fingerprint density at radius 1 is 0.333 bits per heavy atom. The molecule has 0 aliphatic carbocycles. The van der Waals surface area contributed by atoms with Crippen LogP contribution in [-0.2, 0) is 26.4 Å². The van der Waals surface area contributed by atoms with E-state index in [4.69, 9.17) is 0 Å². The molecule has 104 valence electrons. The van der Waals surface area contributed by atoms with Gasteiger partial charge in [-0.1, -0.05) is 72.8 Å². The van der Waals surface area contributed by atoms with Gasteiger partial charge in [0.2, 0.25) is 0 Å². The third-order valence-electron chi connectivity index (χ3n) is 1.33. The number of rotatable bonds is 0. The van der Waals surface area contributed by atoms with E-state index in [-0.39, 0.29) is 0 Å². The fourth-order valence-electron chi connectivity index (χ4n) is 0.770. The molecule has 0 unspecified atom stereocenters. The van der Waals surface area contributed by atoms with Gasteiger partial charge in [0.1, 0.15) is 0 Å². The molecule has 2 aromatic carbocycles. The van der Waals surface area contributed by atoms with Crippen LogP contribution >= 0.6 is 54.5 Å². The average molecular weight is 678 g/mol. The summed E-state index contributed by atoms with van der Waals surface area (Å²) in [6.45, 7) is 0. The van der Waals surface area contributed by atoms with Crippen LogP contribution in [0.4, 0.5) is 0 Å². The normalized spacial score (nSPS) is 7.78. The van der Waals surface area contributed by atoms with Gasteiger partial charge in [-0.3, -0.25) is 0 Å². The Morgan fingerprint density at radius 2 is 0.389 bits per heavy atom. The number of halogens is 4. The number of hydrogen-bond acceptors (Lipinski definition) is 0. The van der Waals surface area contributed by atoms with E-state index in [1.807, 2.05) is 72.8 Å². The van der Waals surface area contributed by atoms with Crippen molar-refractivity contribution in [2.45, 2.75) is 0 Å². The molecule has 0 radical (unpaired) electrons. The van der Waals surface area contributed by atoms with Gasteiger partial charge in [-0.05, 0) is 0 Å². The Kier molecular flexibility index (Phi) is 28.8. The summed E-state index contributed by atoms with van der Waals surface area (Å²) in [5.74, 6) is 0. The SMILES string of the molecule is [Br][Ru][Br].[Br][Ru][Br].c1ccccc1.c1ccccc1. The molecule has 0 atom stereocenters. The van der Waals surface area contributed by atoms with E-state index in [0.29, 0.717) is 26.4 Å². The Balaban J connectivity index is 0. The van der Waals surface area contributed by atoms with Crippen LogP contribution in [0.1, 0.15) is 0 Å². The maximum Gasteiger partial charge on any atom is -0.0623 e. The zero-order valence-corrected chi connectivity index (χ0v) is 19.0. The van der Waals surface area contributed by atoms with Gasteiger partial charge >= 0.3 is 80.9 Å². The van der Waals surface area contributed by atoms with E-state index in [9.17, 15) is 0 Å². The molecule has 2 rings (SSSR count). The Morgan fingerprint density at radius 3 is 0.444 bits per heavy atom. The van der Waals surface area contributed by atoms with Crippen LogP contribution in [0.3, 0.4) is 0 Å². The van der Waals surface area contributed by atoms with Crippen LogP contribution in [-0.4, -0.2) is 0 Å². The second kappa shape index (κ2) is 23.7. The van der Waals surface area contributed by atoms with Crippen molar-refractivity contribution in [2.24, 2.45) is 0 Å². The van der Waals surface area contributed by atoms with Gasteiger partial charge in [0.25, 0.3) is 0 Å².